The Labute approximate surface area is 176 Å². The third kappa shape index (κ3) is 3.71. The van der Waals surface area contributed by atoms with Crippen molar-refractivity contribution >= 4 is 22.7 Å². The number of benzene rings is 2. The van der Waals surface area contributed by atoms with Gasteiger partial charge in [-0.1, -0.05) is 17.7 Å². The van der Waals surface area contributed by atoms with Gasteiger partial charge in [0, 0.05) is 29.7 Å². The van der Waals surface area contributed by atoms with E-state index in [4.69, 9.17) is 9.47 Å². The molecule has 2 aromatic carbocycles. The highest BCUT2D eigenvalue weighted by atomic mass is 16.5. The molecule has 0 unspecified atom stereocenters. The Balaban J connectivity index is 1.79. The summed E-state index contributed by atoms with van der Waals surface area (Å²) in [5, 5.41) is 0.869. The van der Waals surface area contributed by atoms with E-state index < -0.39 is 0 Å². The Kier molecular flexibility index (Phi) is 5.59. The summed E-state index contributed by atoms with van der Waals surface area (Å²) in [6.07, 6.45) is 0.240. The van der Waals surface area contributed by atoms with Gasteiger partial charge in [0.2, 0.25) is 5.91 Å². The molecule has 2 heterocycles. The zero-order valence-corrected chi connectivity index (χ0v) is 17.6. The zero-order chi connectivity index (χ0) is 21.3. The number of hydrogen-bond donors (Lipinski definition) is 0. The topological polar surface area (TPSA) is 60.8 Å². The van der Waals surface area contributed by atoms with E-state index in [2.05, 4.69) is 0 Å². The molecule has 0 N–H and O–H groups in total. The molecule has 1 amide bonds. The lowest BCUT2D eigenvalue weighted by atomic mass is 10.1. The largest absolute Gasteiger partial charge is 0.497 e. The number of methoxy groups -OCH3 is 1. The number of nitrogens with zero attached hydrogens (tertiary/aromatic N) is 2. The van der Waals surface area contributed by atoms with E-state index in [1.54, 1.807) is 11.7 Å². The zero-order valence-electron chi connectivity index (χ0n) is 17.6. The molecule has 1 saturated heterocycles. The van der Waals surface area contributed by atoms with Crippen LogP contribution < -0.4 is 4.74 Å². The number of fused-ring (bicyclic) bond motifs is 1. The Morgan fingerprint density at radius 2 is 1.73 bits per heavy atom. The molecule has 1 aliphatic heterocycles. The van der Waals surface area contributed by atoms with Gasteiger partial charge in [-0.2, -0.15) is 0 Å². The molecule has 0 bridgehead atoms. The van der Waals surface area contributed by atoms with Gasteiger partial charge in [0.15, 0.2) is 0 Å². The van der Waals surface area contributed by atoms with Crippen LogP contribution in [0.25, 0.3) is 10.9 Å². The maximum absolute atomic E-state index is 13.4. The highest BCUT2D eigenvalue weighted by molar-refractivity contribution is 6.05. The lowest BCUT2D eigenvalue weighted by Crippen LogP contribution is -2.41. The summed E-state index contributed by atoms with van der Waals surface area (Å²) >= 11 is 0. The number of aromatic nitrogens is 1. The van der Waals surface area contributed by atoms with Crippen molar-refractivity contribution in [1.29, 1.82) is 0 Å². The van der Waals surface area contributed by atoms with Crippen molar-refractivity contribution in [3.05, 3.63) is 64.8 Å². The molecule has 0 aliphatic carbocycles. The first kappa shape index (κ1) is 20.2. The van der Waals surface area contributed by atoms with Gasteiger partial charge in [-0.05, 0) is 49.7 Å². The molecule has 0 atom stereocenters. The number of morpholine rings is 1. The summed E-state index contributed by atoms with van der Waals surface area (Å²) in [5.41, 5.74) is 4.14. The fraction of sp³-hybridized carbons (Fsp3) is 0.333. The summed E-state index contributed by atoms with van der Waals surface area (Å²) in [6.45, 7) is 6.22. The van der Waals surface area contributed by atoms with Crippen LogP contribution in [0.4, 0.5) is 0 Å². The average Bonchev–Trinajstić information content (AvgIpc) is 3.05. The highest BCUT2D eigenvalue weighted by Crippen LogP contribution is 2.31. The van der Waals surface area contributed by atoms with E-state index in [9.17, 15) is 9.59 Å². The summed E-state index contributed by atoms with van der Waals surface area (Å²) < 4.78 is 12.5. The monoisotopic (exact) mass is 406 g/mol. The minimum atomic E-state index is -0.104. The van der Waals surface area contributed by atoms with Gasteiger partial charge in [-0.25, -0.2) is 0 Å². The maximum Gasteiger partial charge on any atom is 0.262 e. The first-order chi connectivity index (χ1) is 14.5. The van der Waals surface area contributed by atoms with Gasteiger partial charge in [0.1, 0.15) is 5.75 Å². The van der Waals surface area contributed by atoms with Crippen molar-refractivity contribution < 1.29 is 19.1 Å². The predicted molar refractivity (Wildman–Crippen MR) is 115 cm³/mol. The molecule has 30 heavy (non-hydrogen) atoms. The molecule has 1 fully saturated rings. The summed E-state index contributed by atoms with van der Waals surface area (Å²) in [4.78, 5) is 28.1. The Morgan fingerprint density at radius 1 is 1.03 bits per heavy atom. The van der Waals surface area contributed by atoms with E-state index >= 15 is 0 Å². The third-order valence-corrected chi connectivity index (χ3v) is 5.74. The SMILES string of the molecule is COc1ccc2c(c1)c(CC(=O)N1CCOCC1)c(C)n2C(=O)c1ccc(C)cc1. The average molecular weight is 406 g/mol. The maximum atomic E-state index is 13.4. The van der Waals surface area contributed by atoms with Gasteiger partial charge < -0.3 is 14.4 Å². The van der Waals surface area contributed by atoms with Gasteiger partial charge >= 0.3 is 0 Å². The van der Waals surface area contributed by atoms with Gasteiger partial charge in [0.25, 0.3) is 5.91 Å². The minimum absolute atomic E-state index is 0.0473. The third-order valence-electron chi connectivity index (χ3n) is 5.74. The van der Waals surface area contributed by atoms with Crippen LogP contribution in [0.2, 0.25) is 0 Å². The van der Waals surface area contributed by atoms with Crippen molar-refractivity contribution in [2.24, 2.45) is 0 Å². The number of carbonyl (C=O) groups excluding carboxylic acids is 2. The standard InChI is InChI=1S/C24H26N2O4/c1-16-4-6-18(7-5-16)24(28)26-17(2)20(15-23(27)25-10-12-30-13-11-25)21-14-19(29-3)8-9-22(21)26/h4-9,14H,10-13,15H2,1-3H3. The van der Waals surface area contributed by atoms with E-state index in [0.29, 0.717) is 37.6 Å². The fourth-order valence-electron chi connectivity index (χ4n) is 3.98. The van der Waals surface area contributed by atoms with Crippen LogP contribution in [0.1, 0.15) is 27.2 Å². The van der Waals surface area contributed by atoms with Crippen LogP contribution >= 0.6 is 0 Å². The summed E-state index contributed by atoms with van der Waals surface area (Å²) in [5.74, 6) is 0.640. The lowest BCUT2D eigenvalue weighted by molar-refractivity contribution is -0.134. The molecule has 0 spiro atoms. The Bertz CT molecular complexity index is 1090. The molecule has 1 aromatic heterocycles. The fourth-order valence-corrected chi connectivity index (χ4v) is 3.98. The van der Waals surface area contributed by atoms with Crippen LogP contribution in [0, 0.1) is 13.8 Å². The van der Waals surface area contributed by atoms with Gasteiger partial charge in [0.05, 0.1) is 32.3 Å². The van der Waals surface area contributed by atoms with Crippen molar-refractivity contribution in [3.8, 4) is 5.75 Å². The second kappa shape index (κ2) is 8.32. The molecule has 0 radical (unpaired) electrons. The number of rotatable bonds is 4. The Morgan fingerprint density at radius 3 is 2.40 bits per heavy atom. The number of hydrogen-bond acceptors (Lipinski definition) is 4. The first-order valence-electron chi connectivity index (χ1n) is 10.1. The minimum Gasteiger partial charge on any atom is -0.497 e. The van der Waals surface area contributed by atoms with Crippen LogP contribution in [0.15, 0.2) is 42.5 Å². The molecule has 156 valence electrons. The molecule has 6 heteroatoms. The summed E-state index contributed by atoms with van der Waals surface area (Å²) in [6, 6.07) is 13.2. The normalized spacial score (nSPS) is 14.2. The molecule has 1 aliphatic rings. The van der Waals surface area contributed by atoms with Gasteiger partial charge in [-0.3, -0.25) is 14.2 Å². The molecule has 3 aromatic rings. The lowest BCUT2D eigenvalue weighted by Gasteiger charge is -2.27. The first-order valence-corrected chi connectivity index (χ1v) is 10.1. The molecule has 4 rings (SSSR count). The van der Waals surface area contributed by atoms with Crippen LogP contribution in [0.3, 0.4) is 0 Å². The molecular weight excluding hydrogens is 380 g/mol. The van der Waals surface area contributed by atoms with Crippen molar-refractivity contribution in [2.75, 3.05) is 33.4 Å². The molecule has 0 saturated carbocycles. The Hall–Kier alpha value is -3.12. The molecular formula is C24H26N2O4. The molecule has 6 nitrogen and oxygen atoms in total. The second-order valence-electron chi connectivity index (χ2n) is 7.62. The van der Waals surface area contributed by atoms with Crippen LogP contribution in [0.5, 0.6) is 5.75 Å². The van der Waals surface area contributed by atoms with Crippen molar-refractivity contribution in [3.63, 3.8) is 0 Å². The second-order valence-corrected chi connectivity index (χ2v) is 7.62. The number of amides is 1. The van der Waals surface area contributed by atoms with E-state index in [0.717, 1.165) is 27.7 Å². The van der Waals surface area contributed by atoms with E-state index in [1.165, 1.54) is 0 Å². The smallest absolute Gasteiger partial charge is 0.262 e. The number of ether oxygens (including phenoxy) is 2. The summed E-state index contributed by atoms with van der Waals surface area (Å²) in [7, 11) is 1.61. The number of aryl methyl sites for hydroxylation is 1. The van der Waals surface area contributed by atoms with Crippen molar-refractivity contribution in [2.45, 2.75) is 20.3 Å². The quantitative estimate of drug-likeness (QED) is 0.667. The predicted octanol–water partition coefficient (Wildman–Crippen LogP) is 3.36. The van der Waals surface area contributed by atoms with E-state index in [-0.39, 0.29) is 18.2 Å². The van der Waals surface area contributed by atoms with Crippen LogP contribution in [-0.4, -0.2) is 54.7 Å². The van der Waals surface area contributed by atoms with Crippen molar-refractivity contribution in [1.82, 2.24) is 9.47 Å². The number of carbonyl (C=O) groups is 2. The van der Waals surface area contributed by atoms with E-state index in [1.807, 2.05) is 61.2 Å². The highest BCUT2D eigenvalue weighted by Gasteiger charge is 2.24. The van der Waals surface area contributed by atoms with Crippen LogP contribution in [-0.2, 0) is 16.0 Å². The van der Waals surface area contributed by atoms with Gasteiger partial charge in [-0.15, -0.1) is 0 Å².